The summed E-state index contributed by atoms with van der Waals surface area (Å²) in [6.07, 6.45) is -4.58. The molecule has 1 heterocycles. The molecule has 0 unspecified atom stereocenters. The fourth-order valence-electron chi connectivity index (χ4n) is 2.28. The van der Waals surface area contributed by atoms with E-state index in [9.17, 15) is 18.0 Å². The molecule has 0 radical (unpaired) electrons. The third-order valence-electron chi connectivity index (χ3n) is 3.22. The molecule has 2 rings (SSSR count). The standard InChI is InChI=1S/C14H13F3N2O3/c1-7-12(13(20)21)18-8(2)19(7)9-4-5-11(22-3)10(6-9)14(15,16)17/h4-6H,1-3H3,(H,20,21). The second-order valence-corrected chi connectivity index (χ2v) is 4.62. The maximum Gasteiger partial charge on any atom is 0.420 e. The summed E-state index contributed by atoms with van der Waals surface area (Å²) in [5.74, 6) is -1.25. The van der Waals surface area contributed by atoms with Crippen LogP contribution in [-0.4, -0.2) is 27.7 Å². The van der Waals surface area contributed by atoms with Crippen molar-refractivity contribution < 1.29 is 27.8 Å². The van der Waals surface area contributed by atoms with E-state index in [1.165, 1.54) is 30.5 Å². The number of carboxylic acids is 1. The van der Waals surface area contributed by atoms with Gasteiger partial charge >= 0.3 is 12.1 Å². The number of halogens is 3. The first-order chi connectivity index (χ1) is 10.2. The lowest BCUT2D eigenvalue weighted by atomic mass is 10.1. The van der Waals surface area contributed by atoms with Gasteiger partial charge in [-0.25, -0.2) is 9.78 Å². The largest absolute Gasteiger partial charge is 0.496 e. The second kappa shape index (κ2) is 5.36. The molecule has 118 valence electrons. The zero-order valence-corrected chi connectivity index (χ0v) is 12.0. The summed E-state index contributed by atoms with van der Waals surface area (Å²) >= 11 is 0. The Morgan fingerprint density at radius 1 is 1.32 bits per heavy atom. The number of rotatable bonds is 3. The van der Waals surface area contributed by atoms with Crippen LogP contribution in [0.25, 0.3) is 5.69 Å². The third-order valence-corrected chi connectivity index (χ3v) is 3.22. The first-order valence-corrected chi connectivity index (χ1v) is 6.21. The zero-order chi connectivity index (χ0) is 16.7. The maximum atomic E-state index is 13.1. The molecule has 1 N–H and O–H groups in total. The van der Waals surface area contributed by atoms with E-state index < -0.39 is 17.7 Å². The summed E-state index contributed by atoms with van der Waals surface area (Å²) < 4.78 is 45.3. The second-order valence-electron chi connectivity index (χ2n) is 4.62. The Morgan fingerprint density at radius 2 is 1.95 bits per heavy atom. The van der Waals surface area contributed by atoms with Gasteiger partial charge in [-0.15, -0.1) is 0 Å². The molecular formula is C14H13F3N2O3. The van der Waals surface area contributed by atoms with Crippen LogP contribution in [0, 0.1) is 13.8 Å². The predicted molar refractivity (Wildman–Crippen MR) is 71.6 cm³/mol. The Kier molecular flexibility index (Phi) is 3.87. The molecule has 8 heteroatoms. The van der Waals surface area contributed by atoms with Crippen LogP contribution in [0.4, 0.5) is 13.2 Å². The Balaban J connectivity index is 2.67. The highest BCUT2D eigenvalue weighted by Gasteiger charge is 2.35. The number of aryl methyl sites for hydroxylation is 1. The van der Waals surface area contributed by atoms with Gasteiger partial charge in [-0.1, -0.05) is 0 Å². The number of aromatic nitrogens is 2. The Hall–Kier alpha value is -2.51. The van der Waals surface area contributed by atoms with Gasteiger partial charge in [0.25, 0.3) is 0 Å². The fourth-order valence-corrected chi connectivity index (χ4v) is 2.28. The molecule has 0 saturated heterocycles. The summed E-state index contributed by atoms with van der Waals surface area (Å²) in [5.41, 5.74) is -0.704. The van der Waals surface area contributed by atoms with Crippen LogP contribution in [0.5, 0.6) is 5.75 Å². The van der Waals surface area contributed by atoms with Gasteiger partial charge in [-0.2, -0.15) is 13.2 Å². The van der Waals surface area contributed by atoms with Crippen molar-refractivity contribution in [2.75, 3.05) is 7.11 Å². The highest BCUT2D eigenvalue weighted by Crippen LogP contribution is 2.37. The molecular weight excluding hydrogens is 301 g/mol. The smallest absolute Gasteiger partial charge is 0.420 e. The summed E-state index contributed by atoms with van der Waals surface area (Å²) in [4.78, 5) is 14.9. The molecule has 0 atom stereocenters. The minimum atomic E-state index is -4.58. The minimum Gasteiger partial charge on any atom is -0.496 e. The molecule has 0 aliphatic heterocycles. The van der Waals surface area contributed by atoms with E-state index in [-0.39, 0.29) is 28.6 Å². The van der Waals surface area contributed by atoms with Crippen LogP contribution < -0.4 is 4.74 Å². The van der Waals surface area contributed by atoms with Gasteiger partial charge in [0.2, 0.25) is 0 Å². The molecule has 2 aromatic rings. The third kappa shape index (κ3) is 2.63. The summed E-state index contributed by atoms with van der Waals surface area (Å²) in [7, 11) is 1.15. The number of carbonyl (C=O) groups is 1. The first-order valence-electron chi connectivity index (χ1n) is 6.21. The van der Waals surface area contributed by atoms with Crippen LogP contribution in [0.2, 0.25) is 0 Å². The van der Waals surface area contributed by atoms with Gasteiger partial charge in [0, 0.05) is 5.69 Å². The lowest BCUT2D eigenvalue weighted by Gasteiger charge is -2.15. The Labute approximate surface area is 124 Å². The van der Waals surface area contributed by atoms with Crippen molar-refractivity contribution in [2.45, 2.75) is 20.0 Å². The van der Waals surface area contributed by atoms with Gasteiger partial charge in [0.15, 0.2) is 5.69 Å². The molecule has 0 aliphatic rings. The van der Waals surface area contributed by atoms with Crippen molar-refractivity contribution in [3.8, 4) is 11.4 Å². The Bertz CT molecular complexity index is 736. The average molecular weight is 314 g/mol. The maximum absolute atomic E-state index is 13.1. The van der Waals surface area contributed by atoms with Crippen molar-refractivity contribution in [2.24, 2.45) is 0 Å². The number of hydrogen-bond donors (Lipinski definition) is 1. The SMILES string of the molecule is COc1ccc(-n2c(C)nc(C(=O)O)c2C)cc1C(F)(F)F. The number of aromatic carboxylic acids is 1. The average Bonchev–Trinajstić information content (AvgIpc) is 2.72. The van der Waals surface area contributed by atoms with Gasteiger partial charge < -0.3 is 14.4 Å². The van der Waals surface area contributed by atoms with E-state index in [0.717, 1.165) is 13.2 Å². The first kappa shape index (κ1) is 15.9. The number of methoxy groups -OCH3 is 1. The van der Waals surface area contributed by atoms with Crippen molar-refractivity contribution >= 4 is 5.97 Å². The molecule has 1 aromatic heterocycles. The molecule has 22 heavy (non-hydrogen) atoms. The molecule has 5 nitrogen and oxygen atoms in total. The molecule has 1 aromatic carbocycles. The van der Waals surface area contributed by atoms with Gasteiger partial charge in [0.1, 0.15) is 11.6 Å². The minimum absolute atomic E-state index is 0.170. The lowest BCUT2D eigenvalue weighted by molar-refractivity contribution is -0.138. The van der Waals surface area contributed by atoms with E-state index in [2.05, 4.69) is 4.98 Å². The molecule has 0 aliphatic carbocycles. The Morgan fingerprint density at radius 3 is 2.41 bits per heavy atom. The molecule has 0 saturated carbocycles. The van der Waals surface area contributed by atoms with Crippen molar-refractivity contribution in [3.63, 3.8) is 0 Å². The van der Waals surface area contributed by atoms with Gasteiger partial charge in [0.05, 0.1) is 18.4 Å². The number of ether oxygens (including phenoxy) is 1. The van der Waals surface area contributed by atoms with E-state index >= 15 is 0 Å². The quantitative estimate of drug-likeness (QED) is 0.945. The number of alkyl halides is 3. The highest BCUT2D eigenvalue weighted by molar-refractivity contribution is 5.87. The summed E-state index contributed by atoms with van der Waals surface area (Å²) in [5, 5.41) is 9.04. The van der Waals surface area contributed by atoms with Crippen LogP contribution in [0.1, 0.15) is 27.6 Å². The predicted octanol–water partition coefficient (Wildman–Crippen LogP) is 3.21. The van der Waals surface area contributed by atoms with Crippen LogP contribution >= 0.6 is 0 Å². The number of nitrogens with zero attached hydrogens (tertiary/aromatic N) is 2. The van der Waals surface area contributed by atoms with Gasteiger partial charge in [-0.05, 0) is 32.0 Å². The van der Waals surface area contributed by atoms with Crippen LogP contribution in [-0.2, 0) is 6.18 Å². The summed E-state index contributed by atoms with van der Waals surface area (Å²) in [6.45, 7) is 3.01. The monoisotopic (exact) mass is 314 g/mol. The van der Waals surface area contributed by atoms with Crippen molar-refractivity contribution in [1.82, 2.24) is 9.55 Å². The lowest BCUT2D eigenvalue weighted by Crippen LogP contribution is -2.10. The van der Waals surface area contributed by atoms with Crippen LogP contribution in [0.3, 0.4) is 0 Å². The van der Waals surface area contributed by atoms with Crippen molar-refractivity contribution in [3.05, 3.63) is 41.0 Å². The highest BCUT2D eigenvalue weighted by atomic mass is 19.4. The van der Waals surface area contributed by atoms with E-state index in [1.807, 2.05) is 0 Å². The van der Waals surface area contributed by atoms with Crippen molar-refractivity contribution in [1.29, 1.82) is 0 Å². The zero-order valence-electron chi connectivity index (χ0n) is 12.0. The normalized spacial score (nSPS) is 11.5. The van der Waals surface area contributed by atoms with Crippen LogP contribution in [0.15, 0.2) is 18.2 Å². The summed E-state index contributed by atoms with van der Waals surface area (Å²) in [6, 6.07) is 3.52. The van der Waals surface area contributed by atoms with Gasteiger partial charge in [-0.3, -0.25) is 0 Å². The fraction of sp³-hybridized carbons (Fsp3) is 0.286. The molecule has 0 bridgehead atoms. The molecule has 0 spiro atoms. The molecule has 0 amide bonds. The number of carboxylic acid groups (broad SMARTS) is 1. The topological polar surface area (TPSA) is 64.4 Å². The van der Waals surface area contributed by atoms with E-state index in [1.54, 1.807) is 0 Å². The van der Waals surface area contributed by atoms with E-state index in [4.69, 9.17) is 9.84 Å². The number of benzene rings is 1. The number of hydrogen-bond acceptors (Lipinski definition) is 3. The number of imidazole rings is 1. The van der Waals surface area contributed by atoms with E-state index in [0.29, 0.717) is 0 Å². The molecule has 0 fully saturated rings.